The quantitative estimate of drug-likeness (QED) is 0.824. The highest BCUT2D eigenvalue weighted by atomic mass is 19.1. The second-order valence-corrected chi connectivity index (χ2v) is 7.30. The molecule has 4 nitrogen and oxygen atoms in total. The summed E-state index contributed by atoms with van der Waals surface area (Å²) in [6.45, 7) is 3.85. The second-order valence-electron chi connectivity index (χ2n) is 7.30. The number of nitrogens with zero attached hydrogens (tertiary/aromatic N) is 1. The van der Waals surface area contributed by atoms with Gasteiger partial charge < -0.3 is 10.2 Å². The topological polar surface area (TPSA) is 49.4 Å². The summed E-state index contributed by atoms with van der Waals surface area (Å²) in [4.78, 5) is 27.2. The molecule has 0 radical (unpaired) electrons. The van der Waals surface area contributed by atoms with Crippen LogP contribution in [0.4, 0.5) is 4.39 Å². The van der Waals surface area contributed by atoms with E-state index in [1.54, 1.807) is 0 Å². The zero-order valence-electron chi connectivity index (χ0n) is 15.4. The van der Waals surface area contributed by atoms with Crippen molar-refractivity contribution in [3.8, 4) is 0 Å². The van der Waals surface area contributed by atoms with E-state index in [0.29, 0.717) is 5.56 Å². The molecule has 0 spiro atoms. The van der Waals surface area contributed by atoms with E-state index >= 15 is 0 Å². The van der Waals surface area contributed by atoms with Gasteiger partial charge in [0.15, 0.2) is 0 Å². The molecule has 0 bridgehead atoms. The molecule has 1 N–H and O–H groups in total. The molecule has 0 aliphatic heterocycles. The first-order valence-electron chi connectivity index (χ1n) is 9.23. The molecule has 1 aliphatic carbocycles. The molecule has 1 aromatic carbocycles. The summed E-state index contributed by atoms with van der Waals surface area (Å²) in [6, 6.07) is 5.03. The zero-order valence-corrected chi connectivity index (χ0v) is 15.4. The maximum Gasteiger partial charge on any atom is 0.251 e. The van der Waals surface area contributed by atoms with Gasteiger partial charge in [0.2, 0.25) is 5.91 Å². The van der Waals surface area contributed by atoms with E-state index in [4.69, 9.17) is 0 Å². The van der Waals surface area contributed by atoms with E-state index in [9.17, 15) is 14.0 Å². The minimum atomic E-state index is -0.578. The third-order valence-corrected chi connectivity index (χ3v) is 5.05. The Morgan fingerprint density at radius 3 is 2.16 bits per heavy atom. The van der Waals surface area contributed by atoms with E-state index in [-0.39, 0.29) is 29.6 Å². The molecule has 0 unspecified atom stereocenters. The van der Waals surface area contributed by atoms with Gasteiger partial charge in [0.05, 0.1) is 0 Å². The van der Waals surface area contributed by atoms with Gasteiger partial charge in [-0.2, -0.15) is 0 Å². The van der Waals surface area contributed by atoms with Crippen LogP contribution in [0.15, 0.2) is 24.3 Å². The van der Waals surface area contributed by atoms with Crippen molar-refractivity contribution in [2.24, 2.45) is 5.92 Å². The predicted octanol–water partition coefficient (Wildman–Crippen LogP) is 3.76. The number of nitrogens with one attached hydrogen (secondary N) is 1. The molecule has 1 fully saturated rings. The standard InChI is InChI=1S/C20H29FN2O2/c1-14(2)18(22-19(24)15-10-12-16(21)13-11-15)20(25)23(3)17-8-6-4-5-7-9-17/h10-14,17-18H,4-9H2,1-3H3,(H,22,24)/t18-/m0/s1. The van der Waals surface area contributed by atoms with Crippen LogP contribution in [-0.2, 0) is 4.79 Å². The molecule has 2 amide bonds. The third-order valence-electron chi connectivity index (χ3n) is 5.05. The first-order valence-corrected chi connectivity index (χ1v) is 9.23. The largest absolute Gasteiger partial charge is 0.341 e. The summed E-state index contributed by atoms with van der Waals surface area (Å²) in [5.74, 6) is -0.801. The van der Waals surface area contributed by atoms with Gasteiger partial charge in [-0.25, -0.2) is 4.39 Å². The van der Waals surface area contributed by atoms with Crippen LogP contribution < -0.4 is 5.32 Å². The van der Waals surface area contributed by atoms with Crippen molar-refractivity contribution in [3.05, 3.63) is 35.6 Å². The van der Waals surface area contributed by atoms with E-state index in [1.807, 2.05) is 25.8 Å². The summed E-state index contributed by atoms with van der Waals surface area (Å²) < 4.78 is 13.0. The minimum absolute atomic E-state index is 0.0230. The summed E-state index contributed by atoms with van der Waals surface area (Å²) in [7, 11) is 1.84. The molecule has 1 aromatic rings. The number of carbonyl (C=O) groups is 2. The predicted molar refractivity (Wildman–Crippen MR) is 96.8 cm³/mol. The fraction of sp³-hybridized carbons (Fsp3) is 0.600. The normalized spacial score (nSPS) is 17.0. The Morgan fingerprint density at radius 2 is 1.64 bits per heavy atom. The van der Waals surface area contributed by atoms with Gasteiger partial charge in [-0.3, -0.25) is 9.59 Å². The van der Waals surface area contributed by atoms with Crippen LogP contribution in [0.1, 0.15) is 62.7 Å². The SMILES string of the molecule is CC(C)[C@H](NC(=O)c1ccc(F)cc1)C(=O)N(C)C1CCCCCC1. The van der Waals surface area contributed by atoms with E-state index in [2.05, 4.69) is 5.32 Å². The van der Waals surface area contributed by atoms with E-state index in [1.165, 1.54) is 37.1 Å². The zero-order chi connectivity index (χ0) is 18.4. The average Bonchev–Trinajstić information content (AvgIpc) is 2.88. The van der Waals surface area contributed by atoms with Crippen molar-refractivity contribution in [2.75, 3.05) is 7.05 Å². The Kier molecular flexibility index (Phi) is 6.97. The Labute approximate surface area is 149 Å². The first kappa shape index (κ1) is 19.4. The van der Waals surface area contributed by atoms with Crippen LogP contribution in [0.3, 0.4) is 0 Å². The number of likely N-dealkylation sites (N-methyl/N-ethyl adjacent to an activating group) is 1. The fourth-order valence-electron chi connectivity index (χ4n) is 3.38. The maximum absolute atomic E-state index is 13.0. The Hall–Kier alpha value is -1.91. The molecule has 1 saturated carbocycles. The van der Waals surface area contributed by atoms with Crippen LogP contribution in [0.25, 0.3) is 0 Å². The number of benzene rings is 1. The van der Waals surface area contributed by atoms with Crippen molar-refractivity contribution in [1.82, 2.24) is 10.2 Å². The lowest BCUT2D eigenvalue weighted by Crippen LogP contribution is -2.52. The molecule has 0 heterocycles. The highest BCUT2D eigenvalue weighted by Gasteiger charge is 2.30. The third kappa shape index (κ3) is 5.28. The van der Waals surface area contributed by atoms with Gasteiger partial charge in [0, 0.05) is 18.7 Å². The lowest BCUT2D eigenvalue weighted by atomic mass is 10.00. The Bertz CT molecular complexity index is 578. The van der Waals surface area contributed by atoms with E-state index in [0.717, 1.165) is 25.7 Å². The molecule has 0 aromatic heterocycles. The van der Waals surface area contributed by atoms with Gasteiger partial charge >= 0.3 is 0 Å². The number of hydrogen-bond acceptors (Lipinski definition) is 2. The van der Waals surface area contributed by atoms with Gasteiger partial charge in [0.1, 0.15) is 11.9 Å². The molecule has 2 rings (SSSR count). The number of amides is 2. The monoisotopic (exact) mass is 348 g/mol. The highest BCUT2D eigenvalue weighted by Crippen LogP contribution is 2.22. The van der Waals surface area contributed by atoms with Crippen LogP contribution in [0.5, 0.6) is 0 Å². The summed E-state index contributed by atoms with van der Waals surface area (Å²) in [6.07, 6.45) is 6.81. The number of hydrogen-bond donors (Lipinski definition) is 1. The Morgan fingerprint density at radius 1 is 1.08 bits per heavy atom. The maximum atomic E-state index is 13.0. The molecule has 0 saturated heterocycles. The molecule has 138 valence electrons. The van der Waals surface area contributed by atoms with Gasteiger partial charge in [-0.15, -0.1) is 0 Å². The van der Waals surface area contributed by atoms with Crippen molar-refractivity contribution in [2.45, 2.75) is 64.5 Å². The molecule has 1 aliphatic rings. The lowest BCUT2D eigenvalue weighted by molar-refractivity contribution is -0.135. The van der Waals surface area contributed by atoms with Gasteiger partial charge in [-0.05, 0) is 43.0 Å². The molecular weight excluding hydrogens is 319 g/mol. The van der Waals surface area contributed by atoms with Crippen molar-refractivity contribution in [1.29, 1.82) is 0 Å². The molecule has 5 heteroatoms. The van der Waals surface area contributed by atoms with Crippen molar-refractivity contribution < 1.29 is 14.0 Å². The lowest BCUT2D eigenvalue weighted by Gasteiger charge is -2.32. The number of halogens is 1. The van der Waals surface area contributed by atoms with Crippen LogP contribution >= 0.6 is 0 Å². The molecule has 1 atom stereocenters. The Balaban J connectivity index is 2.06. The average molecular weight is 348 g/mol. The minimum Gasteiger partial charge on any atom is -0.341 e. The van der Waals surface area contributed by atoms with E-state index < -0.39 is 6.04 Å². The van der Waals surface area contributed by atoms with Crippen LogP contribution in [0, 0.1) is 11.7 Å². The van der Waals surface area contributed by atoms with Gasteiger partial charge in [0.25, 0.3) is 5.91 Å². The summed E-state index contributed by atoms with van der Waals surface area (Å²) in [5, 5.41) is 2.84. The summed E-state index contributed by atoms with van der Waals surface area (Å²) in [5.41, 5.74) is 0.358. The highest BCUT2D eigenvalue weighted by molar-refractivity contribution is 5.97. The van der Waals surface area contributed by atoms with Crippen LogP contribution in [-0.4, -0.2) is 35.8 Å². The molecular formula is C20H29FN2O2. The number of carbonyl (C=O) groups excluding carboxylic acids is 2. The number of rotatable bonds is 5. The second kappa shape index (κ2) is 8.97. The summed E-state index contributed by atoms with van der Waals surface area (Å²) >= 11 is 0. The fourth-order valence-corrected chi connectivity index (χ4v) is 3.38. The molecule has 25 heavy (non-hydrogen) atoms. The van der Waals surface area contributed by atoms with Crippen molar-refractivity contribution in [3.63, 3.8) is 0 Å². The van der Waals surface area contributed by atoms with Gasteiger partial charge in [-0.1, -0.05) is 39.5 Å². The van der Waals surface area contributed by atoms with Crippen molar-refractivity contribution >= 4 is 11.8 Å². The van der Waals surface area contributed by atoms with Crippen LogP contribution in [0.2, 0.25) is 0 Å². The first-order chi connectivity index (χ1) is 11.9. The smallest absolute Gasteiger partial charge is 0.251 e.